The molecule has 0 aliphatic rings. The number of aromatic nitrogens is 1. The van der Waals surface area contributed by atoms with Crippen LogP contribution in [0.5, 0.6) is 5.75 Å². The van der Waals surface area contributed by atoms with E-state index in [9.17, 15) is 9.59 Å². The van der Waals surface area contributed by atoms with E-state index in [1.165, 1.54) is 7.11 Å². The van der Waals surface area contributed by atoms with Crippen LogP contribution in [0.15, 0.2) is 58.3 Å². The average molecular weight is 472 g/mol. The van der Waals surface area contributed by atoms with Crippen molar-refractivity contribution < 1.29 is 19.1 Å². The minimum absolute atomic E-state index is 0.250. The van der Waals surface area contributed by atoms with E-state index >= 15 is 0 Å². The third-order valence-electron chi connectivity index (χ3n) is 4.08. The Labute approximate surface area is 195 Å². The molecule has 0 unspecified atom stereocenters. The normalized spacial score (nSPS) is 11.0. The Morgan fingerprint density at radius 2 is 1.91 bits per heavy atom. The lowest BCUT2D eigenvalue weighted by atomic mass is 10.2. The van der Waals surface area contributed by atoms with E-state index in [1.807, 2.05) is 23.6 Å². The number of nitrogens with zero attached hydrogens (tertiary/aromatic N) is 1. The molecule has 168 valence electrons. The van der Waals surface area contributed by atoms with Crippen LogP contribution in [-0.2, 0) is 10.5 Å². The Kier molecular flexibility index (Phi) is 7.76. The zero-order valence-corrected chi connectivity index (χ0v) is 19.9. The molecule has 9 heteroatoms. The number of anilines is 2. The molecule has 2 aromatic carbocycles. The molecule has 7 nitrogen and oxygen atoms in total. The Morgan fingerprint density at radius 1 is 1.12 bits per heavy atom. The van der Waals surface area contributed by atoms with Crippen molar-refractivity contribution in [2.45, 2.75) is 37.0 Å². The van der Waals surface area contributed by atoms with Gasteiger partial charge < -0.3 is 14.8 Å². The zero-order chi connectivity index (χ0) is 23.1. The molecule has 1 aromatic heterocycles. The number of amides is 2. The molecule has 0 fully saturated rings. The predicted molar refractivity (Wildman–Crippen MR) is 129 cm³/mol. The fourth-order valence-corrected chi connectivity index (χ4v) is 4.35. The second-order valence-corrected chi connectivity index (χ2v) is 9.50. The van der Waals surface area contributed by atoms with Crippen molar-refractivity contribution in [3.05, 3.63) is 64.6 Å². The molecule has 32 heavy (non-hydrogen) atoms. The number of methoxy groups -OCH3 is 1. The van der Waals surface area contributed by atoms with E-state index in [4.69, 9.17) is 9.47 Å². The minimum atomic E-state index is -0.636. The van der Waals surface area contributed by atoms with Crippen molar-refractivity contribution in [2.24, 2.45) is 0 Å². The molecule has 0 radical (unpaired) electrons. The third kappa shape index (κ3) is 6.73. The van der Waals surface area contributed by atoms with E-state index in [1.54, 1.807) is 73.6 Å². The highest BCUT2D eigenvalue weighted by Crippen LogP contribution is 2.30. The van der Waals surface area contributed by atoms with Gasteiger partial charge in [-0.05, 0) is 51.1 Å². The number of carbonyl (C=O) groups is 2. The van der Waals surface area contributed by atoms with Gasteiger partial charge in [-0.3, -0.25) is 10.1 Å². The number of hydrogen-bond acceptors (Lipinski definition) is 7. The van der Waals surface area contributed by atoms with Gasteiger partial charge in [-0.25, -0.2) is 9.78 Å². The van der Waals surface area contributed by atoms with Gasteiger partial charge in [0.1, 0.15) is 11.4 Å². The number of ether oxygens (including phenoxy) is 2. The van der Waals surface area contributed by atoms with Crippen molar-refractivity contribution in [1.82, 2.24) is 4.98 Å². The monoisotopic (exact) mass is 471 g/mol. The lowest BCUT2D eigenvalue weighted by Gasteiger charge is -2.20. The summed E-state index contributed by atoms with van der Waals surface area (Å²) in [6.07, 6.45) is -0.608. The van der Waals surface area contributed by atoms with Gasteiger partial charge in [-0.15, -0.1) is 23.1 Å². The minimum Gasteiger partial charge on any atom is -0.495 e. The first-order valence-electron chi connectivity index (χ1n) is 9.83. The molecule has 3 rings (SSSR count). The summed E-state index contributed by atoms with van der Waals surface area (Å²) >= 11 is 3.10. The molecule has 0 saturated carbocycles. The summed E-state index contributed by atoms with van der Waals surface area (Å²) < 4.78 is 10.6. The maximum absolute atomic E-state index is 13.0. The van der Waals surface area contributed by atoms with Gasteiger partial charge in [0.2, 0.25) is 0 Å². The quantitative estimate of drug-likeness (QED) is 0.408. The first-order valence-corrected chi connectivity index (χ1v) is 11.8. The molecule has 0 atom stereocenters. The molecule has 3 aromatic rings. The Morgan fingerprint density at radius 3 is 2.59 bits per heavy atom. The second-order valence-electron chi connectivity index (χ2n) is 7.76. The first-order chi connectivity index (χ1) is 15.2. The van der Waals surface area contributed by atoms with Crippen LogP contribution in [0.4, 0.5) is 16.2 Å². The van der Waals surface area contributed by atoms with Crippen LogP contribution in [0, 0.1) is 0 Å². The number of nitrogens with one attached hydrogen (secondary N) is 2. The number of hydrogen-bond donors (Lipinski definition) is 2. The van der Waals surface area contributed by atoms with Crippen LogP contribution in [-0.4, -0.2) is 29.7 Å². The summed E-state index contributed by atoms with van der Waals surface area (Å²) in [6, 6.07) is 12.4. The molecule has 1 heterocycles. The summed E-state index contributed by atoms with van der Waals surface area (Å²) in [7, 11) is 1.50. The fraction of sp³-hybridized carbons (Fsp3) is 0.261. The van der Waals surface area contributed by atoms with Gasteiger partial charge in [0.05, 0.1) is 29.6 Å². The van der Waals surface area contributed by atoms with Gasteiger partial charge in [0.15, 0.2) is 0 Å². The largest absolute Gasteiger partial charge is 0.495 e. The van der Waals surface area contributed by atoms with Gasteiger partial charge in [0.25, 0.3) is 5.91 Å². The maximum atomic E-state index is 13.0. The van der Waals surface area contributed by atoms with Crippen LogP contribution in [0.1, 0.15) is 36.8 Å². The molecule has 0 saturated heterocycles. The molecule has 0 bridgehead atoms. The number of benzene rings is 2. The lowest BCUT2D eigenvalue weighted by molar-refractivity contribution is 0.0635. The van der Waals surface area contributed by atoms with Crippen molar-refractivity contribution in [1.29, 1.82) is 0 Å². The van der Waals surface area contributed by atoms with E-state index in [0.717, 1.165) is 10.6 Å². The van der Waals surface area contributed by atoms with Crippen LogP contribution in [0.25, 0.3) is 0 Å². The Balaban J connectivity index is 1.74. The summed E-state index contributed by atoms with van der Waals surface area (Å²) in [4.78, 5) is 30.3. The van der Waals surface area contributed by atoms with Gasteiger partial charge in [0, 0.05) is 21.7 Å². The molecule has 0 spiro atoms. The fourth-order valence-electron chi connectivity index (χ4n) is 2.74. The standard InChI is InChI=1S/C23H25N3O4S2/c1-23(2,3)30-22(28)26-18-11-15(9-10-19(18)29-4)25-21(27)17-7-5-6-8-20(17)32-13-16-12-31-14-24-16/h5-12,14H,13H2,1-4H3,(H,25,27)(H,26,28). The smallest absolute Gasteiger partial charge is 0.412 e. The SMILES string of the molecule is COc1ccc(NC(=O)c2ccccc2SCc2cscn2)cc1NC(=O)OC(C)(C)C. The summed E-state index contributed by atoms with van der Waals surface area (Å²) in [5.74, 6) is 0.883. The maximum Gasteiger partial charge on any atom is 0.412 e. The van der Waals surface area contributed by atoms with E-state index < -0.39 is 11.7 Å². The van der Waals surface area contributed by atoms with Gasteiger partial charge in [-0.2, -0.15) is 0 Å². The highest BCUT2D eigenvalue weighted by atomic mass is 32.2. The highest BCUT2D eigenvalue weighted by Gasteiger charge is 2.18. The van der Waals surface area contributed by atoms with Crippen LogP contribution >= 0.6 is 23.1 Å². The number of thioether (sulfide) groups is 1. The van der Waals surface area contributed by atoms with Crippen LogP contribution in [0.2, 0.25) is 0 Å². The number of carbonyl (C=O) groups excluding carboxylic acids is 2. The molecular weight excluding hydrogens is 446 g/mol. The molecule has 2 amide bonds. The predicted octanol–water partition coefficient (Wildman–Crippen LogP) is 6.04. The van der Waals surface area contributed by atoms with Crippen molar-refractivity contribution in [3.63, 3.8) is 0 Å². The van der Waals surface area contributed by atoms with Crippen molar-refractivity contribution in [2.75, 3.05) is 17.7 Å². The first kappa shape index (κ1) is 23.6. The Bertz CT molecular complexity index is 1080. The molecule has 0 aliphatic carbocycles. The Hall–Kier alpha value is -3.04. The summed E-state index contributed by atoms with van der Waals surface area (Å²) in [5, 5.41) is 7.55. The van der Waals surface area contributed by atoms with E-state index in [2.05, 4.69) is 15.6 Å². The average Bonchev–Trinajstić information content (AvgIpc) is 3.25. The molecule has 2 N–H and O–H groups in total. The van der Waals surface area contributed by atoms with Gasteiger partial charge >= 0.3 is 6.09 Å². The van der Waals surface area contributed by atoms with Crippen LogP contribution < -0.4 is 15.4 Å². The summed E-state index contributed by atoms with van der Waals surface area (Å²) in [6.45, 7) is 5.35. The number of thiazole rings is 1. The van der Waals surface area contributed by atoms with Gasteiger partial charge in [-0.1, -0.05) is 12.1 Å². The zero-order valence-electron chi connectivity index (χ0n) is 18.3. The molecule has 0 aliphatic heterocycles. The topological polar surface area (TPSA) is 89.5 Å². The third-order valence-corrected chi connectivity index (χ3v) is 5.83. The lowest BCUT2D eigenvalue weighted by Crippen LogP contribution is -2.27. The van der Waals surface area contributed by atoms with Crippen LogP contribution in [0.3, 0.4) is 0 Å². The van der Waals surface area contributed by atoms with Crippen molar-refractivity contribution >= 4 is 46.5 Å². The van der Waals surface area contributed by atoms with Crippen molar-refractivity contribution in [3.8, 4) is 5.75 Å². The van der Waals surface area contributed by atoms with E-state index in [0.29, 0.717) is 28.4 Å². The number of rotatable bonds is 7. The summed E-state index contributed by atoms with van der Waals surface area (Å²) in [5.41, 5.74) is 3.60. The molecular formula is C23H25N3O4S2. The highest BCUT2D eigenvalue weighted by molar-refractivity contribution is 7.98. The second kappa shape index (κ2) is 10.5. The van der Waals surface area contributed by atoms with E-state index in [-0.39, 0.29) is 5.91 Å².